The number of aromatic nitrogens is 3. The minimum Gasteiger partial charge on any atom is -0.324 e. The monoisotopic (exact) mass is 234 g/mol. The molecule has 0 saturated heterocycles. The van der Waals surface area contributed by atoms with Crippen LogP contribution in [-0.4, -0.2) is 14.8 Å². The molecule has 0 aliphatic rings. The molecule has 2 N–H and O–H groups in total. The van der Waals surface area contributed by atoms with Crippen LogP contribution >= 0.6 is 0 Å². The topological polar surface area (TPSA) is 56.7 Å². The maximum Gasteiger partial charge on any atom is 0.149 e. The van der Waals surface area contributed by atoms with Crippen molar-refractivity contribution in [2.75, 3.05) is 0 Å². The number of benzene rings is 1. The summed E-state index contributed by atoms with van der Waals surface area (Å²) < 4.78 is 15.4. The quantitative estimate of drug-likeness (QED) is 0.865. The van der Waals surface area contributed by atoms with Crippen LogP contribution in [0.25, 0.3) is 5.69 Å². The lowest BCUT2D eigenvalue weighted by atomic mass is 10.1. The van der Waals surface area contributed by atoms with Crippen molar-refractivity contribution in [3.63, 3.8) is 0 Å². The van der Waals surface area contributed by atoms with E-state index in [-0.39, 0.29) is 11.9 Å². The standard InChI is InChI=1S/C12H15FN4/c1-7(14)10-4-5-12(11(13)6-10)17-9(3)15-8(2)16-17/h4-7H,14H2,1-3H3. The summed E-state index contributed by atoms with van der Waals surface area (Å²) in [7, 11) is 0. The zero-order valence-electron chi connectivity index (χ0n) is 10.1. The predicted molar refractivity (Wildman–Crippen MR) is 63.4 cm³/mol. The Balaban J connectivity index is 2.50. The normalized spacial score (nSPS) is 12.8. The van der Waals surface area contributed by atoms with Crippen LogP contribution in [-0.2, 0) is 0 Å². The number of nitrogens with zero attached hydrogens (tertiary/aromatic N) is 3. The largest absolute Gasteiger partial charge is 0.324 e. The van der Waals surface area contributed by atoms with Crippen molar-refractivity contribution in [2.45, 2.75) is 26.8 Å². The maximum atomic E-state index is 13.9. The molecular weight excluding hydrogens is 219 g/mol. The van der Waals surface area contributed by atoms with Gasteiger partial charge in [0.15, 0.2) is 0 Å². The first-order chi connectivity index (χ1) is 7.99. The second kappa shape index (κ2) is 4.25. The second-order valence-electron chi connectivity index (χ2n) is 4.12. The van der Waals surface area contributed by atoms with Gasteiger partial charge in [0, 0.05) is 6.04 Å². The molecule has 0 radical (unpaired) electrons. The highest BCUT2D eigenvalue weighted by Crippen LogP contribution is 2.18. The predicted octanol–water partition coefficient (Wildman–Crippen LogP) is 2.04. The van der Waals surface area contributed by atoms with Crippen molar-refractivity contribution in [1.82, 2.24) is 14.8 Å². The lowest BCUT2D eigenvalue weighted by Gasteiger charge is -2.09. The summed E-state index contributed by atoms with van der Waals surface area (Å²) in [5, 5.41) is 4.15. The van der Waals surface area contributed by atoms with Crippen LogP contribution < -0.4 is 5.73 Å². The van der Waals surface area contributed by atoms with Gasteiger partial charge in [-0.25, -0.2) is 14.1 Å². The Bertz CT molecular complexity index is 545. The maximum absolute atomic E-state index is 13.9. The van der Waals surface area contributed by atoms with Crippen LogP contribution in [0.2, 0.25) is 0 Å². The van der Waals surface area contributed by atoms with Crippen molar-refractivity contribution in [3.8, 4) is 5.69 Å². The summed E-state index contributed by atoms with van der Waals surface area (Å²) in [6.45, 7) is 5.38. The summed E-state index contributed by atoms with van der Waals surface area (Å²) in [5.74, 6) is 0.945. The lowest BCUT2D eigenvalue weighted by Crippen LogP contribution is -2.08. The number of aryl methyl sites for hydroxylation is 2. The molecule has 0 saturated carbocycles. The molecule has 5 heteroatoms. The SMILES string of the molecule is Cc1nc(C)n(-c2ccc(C(C)N)cc2F)n1. The van der Waals surface area contributed by atoms with Gasteiger partial charge in [0.25, 0.3) is 0 Å². The number of rotatable bonds is 2. The van der Waals surface area contributed by atoms with E-state index in [1.165, 1.54) is 10.7 Å². The van der Waals surface area contributed by atoms with E-state index in [0.29, 0.717) is 17.3 Å². The molecule has 0 spiro atoms. The Labute approximate surface area is 99.3 Å². The summed E-state index contributed by atoms with van der Waals surface area (Å²) >= 11 is 0. The van der Waals surface area contributed by atoms with E-state index < -0.39 is 0 Å². The molecule has 90 valence electrons. The van der Waals surface area contributed by atoms with Gasteiger partial charge in [0.1, 0.15) is 23.2 Å². The van der Waals surface area contributed by atoms with Crippen LogP contribution in [0.5, 0.6) is 0 Å². The number of hydrogen-bond acceptors (Lipinski definition) is 3. The highest BCUT2D eigenvalue weighted by Gasteiger charge is 2.11. The molecule has 1 aromatic heterocycles. The number of hydrogen-bond donors (Lipinski definition) is 1. The van der Waals surface area contributed by atoms with Crippen molar-refractivity contribution < 1.29 is 4.39 Å². The Hall–Kier alpha value is -1.75. The van der Waals surface area contributed by atoms with E-state index in [2.05, 4.69) is 10.1 Å². The van der Waals surface area contributed by atoms with E-state index in [1.807, 2.05) is 6.92 Å². The molecular formula is C12H15FN4. The van der Waals surface area contributed by atoms with E-state index in [0.717, 1.165) is 5.56 Å². The molecule has 2 rings (SSSR count). The van der Waals surface area contributed by atoms with Gasteiger partial charge in [-0.3, -0.25) is 0 Å². The molecule has 1 unspecified atom stereocenters. The zero-order chi connectivity index (χ0) is 12.6. The zero-order valence-corrected chi connectivity index (χ0v) is 10.1. The average Bonchev–Trinajstić information content (AvgIpc) is 2.57. The van der Waals surface area contributed by atoms with Gasteiger partial charge in [-0.2, -0.15) is 5.10 Å². The van der Waals surface area contributed by atoms with Gasteiger partial charge in [0.05, 0.1) is 0 Å². The third-order valence-corrected chi connectivity index (χ3v) is 2.60. The van der Waals surface area contributed by atoms with Crippen LogP contribution in [0.15, 0.2) is 18.2 Å². The molecule has 0 amide bonds. The molecule has 1 heterocycles. The Morgan fingerprint density at radius 2 is 2.06 bits per heavy atom. The minimum atomic E-state index is -0.340. The van der Waals surface area contributed by atoms with Gasteiger partial charge >= 0.3 is 0 Å². The van der Waals surface area contributed by atoms with Crippen LogP contribution in [0, 0.1) is 19.7 Å². The summed E-state index contributed by atoms with van der Waals surface area (Å²) in [5.41, 5.74) is 6.86. The highest BCUT2D eigenvalue weighted by atomic mass is 19.1. The molecule has 1 atom stereocenters. The minimum absolute atomic E-state index is 0.183. The summed E-state index contributed by atoms with van der Waals surface area (Å²) in [6, 6.07) is 4.74. The Kier molecular flexibility index (Phi) is 2.93. The second-order valence-corrected chi connectivity index (χ2v) is 4.12. The van der Waals surface area contributed by atoms with Gasteiger partial charge in [-0.05, 0) is 38.5 Å². The van der Waals surface area contributed by atoms with Gasteiger partial charge in [0.2, 0.25) is 0 Å². The van der Waals surface area contributed by atoms with E-state index in [9.17, 15) is 4.39 Å². The van der Waals surface area contributed by atoms with Gasteiger partial charge in [-0.15, -0.1) is 0 Å². The first-order valence-corrected chi connectivity index (χ1v) is 5.44. The summed E-state index contributed by atoms with van der Waals surface area (Å²) in [4.78, 5) is 4.15. The number of nitrogens with two attached hydrogens (primary N) is 1. The third-order valence-electron chi connectivity index (χ3n) is 2.60. The van der Waals surface area contributed by atoms with E-state index >= 15 is 0 Å². The Morgan fingerprint density at radius 3 is 2.53 bits per heavy atom. The van der Waals surface area contributed by atoms with Crippen LogP contribution in [0.4, 0.5) is 4.39 Å². The molecule has 0 fully saturated rings. The summed E-state index contributed by atoms with van der Waals surface area (Å²) in [6.07, 6.45) is 0. The van der Waals surface area contributed by atoms with E-state index in [4.69, 9.17) is 5.73 Å². The fourth-order valence-electron chi connectivity index (χ4n) is 1.73. The number of halogens is 1. The third kappa shape index (κ3) is 2.19. The van der Waals surface area contributed by atoms with Gasteiger partial charge < -0.3 is 5.73 Å². The first kappa shape index (κ1) is 11.7. The van der Waals surface area contributed by atoms with Crippen LogP contribution in [0.1, 0.15) is 30.2 Å². The first-order valence-electron chi connectivity index (χ1n) is 5.44. The molecule has 0 aliphatic carbocycles. The molecule has 17 heavy (non-hydrogen) atoms. The molecule has 0 bridgehead atoms. The molecule has 2 aromatic rings. The average molecular weight is 234 g/mol. The van der Waals surface area contributed by atoms with Crippen molar-refractivity contribution in [1.29, 1.82) is 0 Å². The molecule has 4 nitrogen and oxygen atoms in total. The Morgan fingerprint density at radius 1 is 1.35 bits per heavy atom. The fraction of sp³-hybridized carbons (Fsp3) is 0.333. The van der Waals surface area contributed by atoms with Crippen LogP contribution in [0.3, 0.4) is 0 Å². The van der Waals surface area contributed by atoms with Gasteiger partial charge in [-0.1, -0.05) is 6.07 Å². The molecule has 1 aromatic carbocycles. The highest BCUT2D eigenvalue weighted by molar-refractivity contribution is 5.37. The fourth-order valence-corrected chi connectivity index (χ4v) is 1.73. The smallest absolute Gasteiger partial charge is 0.149 e. The van der Waals surface area contributed by atoms with Crippen molar-refractivity contribution >= 4 is 0 Å². The lowest BCUT2D eigenvalue weighted by molar-refractivity contribution is 0.602. The van der Waals surface area contributed by atoms with Crippen molar-refractivity contribution in [2.24, 2.45) is 5.73 Å². The van der Waals surface area contributed by atoms with Crippen molar-refractivity contribution in [3.05, 3.63) is 41.2 Å². The van der Waals surface area contributed by atoms with E-state index in [1.54, 1.807) is 26.0 Å². The molecule has 0 aliphatic heterocycles.